The quantitative estimate of drug-likeness (QED) is 0.844. The summed E-state index contributed by atoms with van der Waals surface area (Å²) in [5.74, 6) is 3.66. The first kappa shape index (κ1) is 15.7. The lowest BCUT2D eigenvalue weighted by atomic mass is 10.1. The van der Waals surface area contributed by atoms with Gasteiger partial charge in [0.2, 0.25) is 5.91 Å². The molecule has 2 aliphatic heterocycles. The molecule has 0 radical (unpaired) electrons. The fourth-order valence-corrected chi connectivity index (χ4v) is 5.36. The molecule has 2 N–H and O–H groups in total. The predicted molar refractivity (Wildman–Crippen MR) is 91.8 cm³/mol. The van der Waals surface area contributed by atoms with E-state index >= 15 is 0 Å². The summed E-state index contributed by atoms with van der Waals surface area (Å²) in [5, 5.41) is 3.22. The molecular formula is C14H20N4O2S2. The number of nitrogens with one attached hydrogen (secondary N) is 2. The lowest BCUT2D eigenvalue weighted by molar-refractivity contribution is -0.120. The second-order valence-electron chi connectivity index (χ2n) is 5.47. The molecule has 3 heterocycles. The van der Waals surface area contributed by atoms with Gasteiger partial charge in [-0.05, 0) is 12.8 Å². The van der Waals surface area contributed by atoms with Crippen LogP contribution in [0.3, 0.4) is 0 Å². The number of anilines is 1. The fraction of sp³-hybridized carbons (Fsp3) is 0.643. The number of hydrogen-bond acceptors (Lipinski definition) is 6. The monoisotopic (exact) mass is 340 g/mol. The zero-order chi connectivity index (χ0) is 15.4. The molecule has 0 unspecified atom stereocenters. The van der Waals surface area contributed by atoms with E-state index in [1.807, 2.05) is 16.7 Å². The molecular weight excluding hydrogens is 320 g/mol. The predicted octanol–water partition coefficient (Wildman–Crippen LogP) is 0.703. The minimum absolute atomic E-state index is 0.0624. The van der Waals surface area contributed by atoms with Crippen molar-refractivity contribution in [3.63, 3.8) is 0 Å². The molecule has 2 aliphatic rings. The molecule has 8 heteroatoms. The van der Waals surface area contributed by atoms with Crippen molar-refractivity contribution in [2.45, 2.75) is 24.1 Å². The highest BCUT2D eigenvalue weighted by Gasteiger charge is 2.27. The first-order chi connectivity index (χ1) is 10.7. The summed E-state index contributed by atoms with van der Waals surface area (Å²) < 4.78 is 0. The maximum atomic E-state index is 12.3. The van der Waals surface area contributed by atoms with E-state index in [0.717, 1.165) is 36.6 Å². The van der Waals surface area contributed by atoms with Gasteiger partial charge in [0.05, 0.1) is 5.25 Å². The van der Waals surface area contributed by atoms with Gasteiger partial charge in [-0.25, -0.2) is 4.98 Å². The topological polar surface area (TPSA) is 78.1 Å². The van der Waals surface area contributed by atoms with Crippen LogP contribution in [-0.4, -0.2) is 57.5 Å². The molecule has 1 aromatic heterocycles. The number of nitrogens with zero attached hydrogens (tertiary/aromatic N) is 2. The molecule has 1 aromatic rings. The molecule has 120 valence electrons. The molecule has 2 atom stereocenters. The van der Waals surface area contributed by atoms with Crippen molar-refractivity contribution in [2.24, 2.45) is 0 Å². The van der Waals surface area contributed by atoms with Crippen molar-refractivity contribution < 1.29 is 4.79 Å². The second kappa shape index (κ2) is 7.41. The molecule has 0 aliphatic carbocycles. The van der Waals surface area contributed by atoms with Crippen molar-refractivity contribution in [2.75, 3.05) is 35.2 Å². The van der Waals surface area contributed by atoms with E-state index in [1.54, 1.807) is 18.0 Å². The lowest BCUT2D eigenvalue weighted by Crippen LogP contribution is -2.51. The number of amides is 1. The SMILES string of the molecule is O=C(N[C@@H]1CCCN(c2ncc[nH]c2=O)C1)[C@H]1CSCCS1. The molecule has 0 saturated carbocycles. The van der Waals surface area contributed by atoms with E-state index in [2.05, 4.69) is 15.3 Å². The summed E-state index contributed by atoms with van der Waals surface area (Å²) in [7, 11) is 0. The number of aromatic nitrogens is 2. The average Bonchev–Trinajstić information content (AvgIpc) is 2.56. The molecule has 2 fully saturated rings. The first-order valence-electron chi connectivity index (χ1n) is 7.52. The lowest BCUT2D eigenvalue weighted by Gasteiger charge is -2.34. The van der Waals surface area contributed by atoms with E-state index in [1.165, 1.54) is 6.20 Å². The first-order valence-corrected chi connectivity index (χ1v) is 9.73. The zero-order valence-electron chi connectivity index (χ0n) is 12.3. The van der Waals surface area contributed by atoms with Gasteiger partial charge in [0.1, 0.15) is 0 Å². The summed E-state index contributed by atoms with van der Waals surface area (Å²) in [6.07, 6.45) is 5.03. The van der Waals surface area contributed by atoms with Crippen LogP contribution in [0, 0.1) is 0 Å². The Morgan fingerprint density at radius 3 is 3.14 bits per heavy atom. The average molecular weight is 340 g/mol. The highest BCUT2D eigenvalue weighted by molar-refractivity contribution is 8.07. The van der Waals surface area contributed by atoms with E-state index < -0.39 is 0 Å². The van der Waals surface area contributed by atoms with Gasteiger partial charge in [-0.3, -0.25) is 9.59 Å². The van der Waals surface area contributed by atoms with Crippen molar-refractivity contribution in [1.82, 2.24) is 15.3 Å². The van der Waals surface area contributed by atoms with Gasteiger partial charge in [0, 0.05) is 48.8 Å². The fourth-order valence-electron chi connectivity index (χ4n) is 2.79. The standard InChI is InChI=1S/C14H20N4O2S2/c19-13(11-9-21-6-7-22-11)17-10-2-1-5-18(8-10)12-14(20)16-4-3-15-12/h3-4,10-11H,1-2,5-9H2,(H,16,20)(H,17,19)/t10-,11-/m1/s1. The summed E-state index contributed by atoms with van der Waals surface area (Å²) >= 11 is 3.59. The van der Waals surface area contributed by atoms with Crippen molar-refractivity contribution in [3.8, 4) is 0 Å². The van der Waals surface area contributed by atoms with Crippen molar-refractivity contribution in [1.29, 1.82) is 0 Å². The largest absolute Gasteiger partial charge is 0.351 e. The third-order valence-electron chi connectivity index (χ3n) is 3.86. The van der Waals surface area contributed by atoms with E-state index in [0.29, 0.717) is 12.4 Å². The number of carbonyl (C=O) groups excluding carboxylic acids is 1. The Morgan fingerprint density at radius 2 is 2.36 bits per heavy atom. The third kappa shape index (κ3) is 3.78. The molecule has 6 nitrogen and oxygen atoms in total. The van der Waals surface area contributed by atoms with Crippen LogP contribution in [0.4, 0.5) is 5.82 Å². The van der Waals surface area contributed by atoms with E-state index in [9.17, 15) is 9.59 Å². The molecule has 0 bridgehead atoms. The van der Waals surface area contributed by atoms with Crippen LogP contribution in [0.2, 0.25) is 0 Å². The summed E-state index contributed by atoms with van der Waals surface area (Å²) in [5.41, 5.74) is -0.172. The zero-order valence-corrected chi connectivity index (χ0v) is 13.9. The summed E-state index contributed by atoms with van der Waals surface area (Å²) in [6.45, 7) is 1.46. The van der Waals surface area contributed by atoms with E-state index in [4.69, 9.17) is 0 Å². The third-order valence-corrected chi connectivity index (χ3v) is 6.62. The smallest absolute Gasteiger partial charge is 0.290 e. The highest BCUT2D eigenvalue weighted by atomic mass is 32.2. The Bertz CT molecular complexity index is 574. The number of carbonyl (C=O) groups is 1. The highest BCUT2D eigenvalue weighted by Crippen LogP contribution is 2.24. The number of piperidine rings is 1. The maximum absolute atomic E-state index is 12.3. The van der Waals surface area contributed by atoms with Crippen molar-refractivity contribution in [3.05, 3.63) is 22.7 Å². The normalized spacial score (nSPS) is 25.7. The second-order valence-corrected chi connectivity index (χ2v) is 7.93. The molecule has 0 aromatic carbocycles. The number of H-pyrrole nitrogens is 1. The van der Waals surface area contributed by atoms with Crippen LogP contribution < -0.4 is 15.8 Å². The number of thioether (sulfide) groups is 2. The van der Waals surface area contributed by atoms with E-state index in [-0.39, 0.29) is 22.8 Å². The Hall–Kier alpha value is -1.15. The van der Waals surface area contributed by atoms with Crippen LogP contribution in [0.5, 0.6) is 0 Å². The van der Waals surface area contributed by atoms with Gasteiger partial charge in [-0.2, -0.15) is 11.8 Å². The van der Waals surface area contributed by atoms with Gasteiger partial charge in [0.15, 0.2) is 5.82 Å². The van der Waals surface area contributed by atoms with Crippen LogP contribution in [0.15, 0.2) is 17.2 Å². The van der Waals surface area contributed by atoms with Gasteiger partial charge < -0.3 is 15.2 Å². The van der Waals surface area contributed by atoms with Crippen LogP contribution in [0.25, 0.3) is 0 Å². The Labute approximate surface area is 137 Å². The van der Waals surface area contributed by atoms with Crippen LogP contribution >= 0.6 is 23.5 Å². The Kier molecular flexibility index (Phi) is 5.30. The molecule has 3 rings (SSSR count). The van der Waals surface area contributed by atoms with Crippen LogP contribution in [0.1, 0.15) is 12.8 Å². The summed E-state index contributed by atoms with van der Waals surface area (Å²) in [6, 6.07) is 0.0928. The van der Waals surface area contributed by atoms with Gasteiger partial charge in [-0.15, -0.1) is 11.8 Å². The minimum Gasteiger partial charge on any atom is -0.351 e. The molecule has 2 saturated heterocycles. The van der Waals surface area contributed by atoms with Gasteiger partial charge in [-0.1, -0.05) is 0 Å². The number of aromatic amines is 1. The molecule has 0 spiro atoms. The number of hydrogen-bond donors (Lipinski definition) is 2. The van der Waals surface area contributed by atoms with Gasteiger partial charge >= 0.3 is 0 Å². The maximum Gasteiger partial charge on any atom is 0.290 e. The molecule has 1 amide bonds. The Morgan fingerprint density at radius 1 is 1.45 bits per heavy atom. The minimum atomic E-state index is -0.172. The summed E-state index contributed by atoms with van der Waals surface area (Å²) in [4.78, 5) is 33.0. The van der Waals surface area contributed by atoms with Crippen LogP contribution in [-0.2, 0) is 4.79 Å². The van der Waals surface area contributed by atoms with Gasteiger partial charge in [0.25, 0.3) is 5.56 Å². The molecule has 22 heavy (non-hydrogen) atoms. The van der Waals surface area contributed by atoms with Crippen molar-refractivity contribution >= 4 is 35.2 Å². The number of rotatable bonds is 3. The Balaban J connectivity index is 1.60.